The third-order valence-corrected chi connectivity index (χ3v) is 1.80. The molecule has 0 fully saturated rings. The molecule has 0 aliphatic heterocycles. The molecule has 17 heavy (non-hydrogen) atoms. The maximum atomic E-state index is 9.59. The molecule has 0 saturated carbocycles. The van der Waals surface area contributed by atoms with Crippen molar-refractivity contribution in [1.29, 1.82) is 0 Å². The molecule has 1 heterocycles. The number of methoxy groups -OCH3 is 1. The summed E-state index contributed by atoms with van der Waals surface area (Å²) < 4.78 is 4.11. The molecule has 0 aliphatic carbocycles. The molecule has 0 N–H and O–H groups in total. The molecule has 0 unspecified atom stereocenters. The van der Waals surface area contributed by atoms with Crippen LogP contribution in [0.15, 0.2) is 42.6 Å². The molecule has 0 atom stereocenters. The van der Waals surface area contributed by atoms with Gasteiger partial charge in [-0.1, -0.05) is 38.1 Å². The minimum Gasteiger partial charge on any atom is -0.469 e. The summed E-state index contributed by atoms with van der Waals surface area (Å²) in [4.78, 5) is 13.8. The summed E-state index contributed by atoms with van der Waals surface area (Å²) in [7, 11) is 1.35. The molecule has 2 aromatic rings. The number of hydrogen-bond acceptors (Lipinski definition) is 3. The number of aromatic nitrogens is 1. The Balaban J connectivity index is 0.000000315. The van der Waals surface area contributed by atoms with Crippen LogP contribution in [-0.2, 0) is 9.53 Å². The van der Waals surface area contributed by atoms with Crippen LogP contribution in [0.2, 0.25) is 0 Å². The van der Waals surface area contributed by atoms with Gasteiger partial charge in [-0.2, -0.15) is 0 Å². The number of ether oxygens (including phenoxy) is 1. The zero-order valence-corrected chi connectivity index (χ0v) is 10.8. The van der Waals surface area contributed by atoms with Crippen LogP contribution in [0.4, 0.5) is 0 Å². The molecular formula is C14H19NO2. The third kappa shape index (κ3) is 6.30. The average Bonchev–Trinajstić information content (AvgIpc) is 2.42. The number of fused-ring (bicyclic) bond motifs is 1. The van der Waals surface area contributed by atoms with Gasteiger partial charge in [0.25, 0.3) is 0 Å². The van der Waals surface area contributed by atoms with Crippen LogP contribution in [0.1, 0.15) is 20.8 Å². The Bertz CT molecular complexity index is 375. The summed E-state index contributed by atoms with van der Waals surface area (Å²) in [5.41, 5.74) is 1.06. The van der Waals surface area contributed by atoms with E-state index in [0.717, 1.165) is 5.52 Å². The summed E-state index contributed by atoms with van der Waals surface area (Å²) in [6.07, 6.45) is 1.81. The normalized spacial score (nSPS) is 8.24. The standard InChI is InChI=1S/C9H7N.C3H6O2.C2H6/c1-2-6-9-8(4-1)5-3-7-10-9;1-3(4)5-2;1-2/h1-7H;1-2H3;1-2H3. The van der Waals surface area contributed by atoms with E-state index in [1.165, 1.54) is 19.4 Å². The Hall–Kier alpha value is -1.90. The van der Waals surface area contributed by atoms with Gasteiger partial charge in [0.15, 0.2) is 0 Å². The lowest BCUT2D eigenvalue weighted by atomic mass is 10.2. The average molecular weight is 233 g/mol. The van der Waals surface area contributed by atoms with Gasteiger partial charge < -0.3 is 4.74 Å². The van der Waals surface area contributed by atoms with Crippen molar-refractivity contribution in [3.05, 3.63) is 42.6 Å². The molecule has 3 nitrogen and oxygen atoms in total. The zero-order valence-electron chi connectivity index (χ0n) is 10.8. The molecule has 1 aromatic heterocycles. The molecular weight excluding hydrogens is 214 g/mol. The monoisotopic (exact) mass is 233 g/mol. The molecule has 92 valence electrons. The summed E-state index contributed by atoms with van der Waals surface area (Å²) >= 11 is 0. The SMILES string of the molecule is CC.COC(C)=O.c1ccc2ncccc2c1. The van der Waals surface area contributed by atoms with Crippen molar-refractivity contribution in [3.8, 4) is 0 Å². The largest absolute Gasteiger partial charge is 0.469 e. The number of carbonyl (C=O) groups is 1. The van der Waals surface area contributed by atoms with E-state index < -0.39 is 0 Å². The smallest absolute Gasteiger partial charge is 0.302 e. The fourth-order valence-corrected chi connectivity index (χ4v) is 1.02. The zero-order chi connectivity index (χ0) is 13.1. The summed E-state index contributed by atoms with van der Waals surface area (Å²) in [5.74, 6) is -0.245. The Morgan fingerprint density at radius 1 is 1.12 bits per heavy atom. The lowest BCUT2D eigenvalue weighted by Gasteiger charge is -1.91. The quantitative estimate of drug-likeness (QED) is 0.654. The van der Waals surface area contributed by atoms with Crippen LogP contribution in [0, 0.1) is 0 Å². The van der Waals surface area contributed by atoms with Crippen molar-refractivity contribution >= 4 is 16.9 Å². The molecule has 0 bridgehead atoms. The van der Waals surface area contributed by atoms with Crippen LogP contribution in [0.3, 0.4) is 0 Å². The summed E-state index contributed by atoms with van der Waals surface area (Å²) in [6, 6.07) is 12.1. The molecule has 1 aromatic carbocycles. The van der Waals surface area contributed by atoms with E-state index in [2.05, 4.69) is 21.9 Å². The molecule has 0 aliphatic rings. The molecule has 3 heteroatoms. The number of rotatable bonds is 0. The van der Waals surface area contributed by atoms with Gasteiger partial charge >= 0.3 is 5.97 Å². The Labute approximate surface area is 102 Å². The highest BCUT2D eigenvalue weighted by atomic mass is 16.5. The van der Waals surface area contributed by atoms with Gasteiger partial charge in [-0.15, -0.1) is 0 Å². The van der Waals surface area contributed by atoms with Crippen molar-refractivity contribution in [3.63, 3.8) is 0 Å². The van der Waals surface area contributed by atoms with Gasteiger partial charge in [-0.05, 0) is 12.1 Å². The van der Waals surface area contributed by atoms with Gasteiger partial charge in [0, 0.05) is 18.5 Å². The Kier molecular flexibility index (Phi) is 8.29. The topological polar surface area (TPSA) is 39.2 Å². The van der Waals surface area contributed by atoms with Crippen LogP contribution in [-0.4, -0.2) is 18.1 Å². The maximum absolute atomic E-state index is 9.59. The predicted octanol–water partition coefficient (Wildman–Crippen LogP) is 3.44. The highest BCUT2D eigenvalue weighted by Crippen LogP contribution is 2.07. The van der Waals surface area contributed by atoms with Gasteiger partial charge in [0.2, 0.25) is 0 Å². The number of benzene rings is 1. The van der Waals surface area contributed by atoms with Gasteiger partial charge in [0.05, 0.1) is 12.6 Å². The second-order valence-corrected chi connectivity index (χ2v) is 2.89. The minimum absolute atomic E-state index is 0.245. The fraction of sp³-hybridized carbons (Fsp3) is 0.286. The van der Waals surface area contributed by atoms with Crippen LogP contribution in [0.5, 0.6) is 0 Å². The lowest BCUT2D eigenvalue weighted by molar-refractivity contribution is -0.137. The van der Waals surface area contributed by atoms with Gasteiger partial charge in [0.1, 0.15) is 0 Å². The first-order valence-electron chi connectivity index (χ1n) is 5.58. The van der Waals surface area contributed by atoms with Crippen molar-refractivity contribution < 1.29 is 9.53 Å². The number of pyridine rings is 1. The van der Waals surface area contributed by atoms with Crippen molar-refractivity contribution in [2.45, 2.75) is 20.8 Å². The van der Waals surface area contributed by atoms with Crippen LogP contribution >= 0.6 is 0 Å². The van der Waals surface area contributed by atoms with E-state index in [1.807, 2.05) is 44.3 Å². The number of hydrogen-bond donors (Lipinski definition) is 0. The second kappa shape index (κ2) is 9.33. The maximum Gasteiger partial charge on any atom is 0.302 e. The van der Waals surface area contributed by atoms with E-state index in [0.29, 0.717) is 0 Å². The fourth-order valence-electron chi connectivity index (χ4n) is 1.02. The van der Waals surface area contributed by atoms with E-state index in [-0.39, 0.29) is 5.97 Å². The van der Waals surface area contributed by atoms with Crippen molar-refractivity contribution in [2.75, 3.05) is 7.11 Å². The van der Waals surface area contributed by atoms with Crippen molar-refractivity contribution in [2.24, 2.45) is 0 Å². The molecule has 0 amide bonds. The molecule has 0 spiro atoms. The van der Waals surface area contributed by atoms with E-state index in [1.54, 1.807) is 0 Å². The predicted molar refractivity (Wildman–Crippen MR) is 70.8 cm³/mol. The van der Waals surface area contributed by atoms with Crippen molar-refractivity contribution in [1.82, 2.24) is 4.98 Å². The number of nitrogens with zero attached hydrogens (tertiary/aromatic N) is 1. The van der Waals surface area contributed by atoms with Crippen LogP contribution in [0.25, 0.3) is 10.9 Å². The molecule has 0 saturated heterocycles. The van der Waals surface area contributed by atoms with Crippen LogP contribution < -0.4 is 0 Å². The Morgan fingerprint density at radius 2 is 1.65 bits per heavy atom. The van der Waals surface area contributed by atoms with E-state index >= 15 is 0 Å². The first-order valence-corrected chi connectivity index (χ1v) is 5.58. The number of para-hydroxylation sites is 1. The number of esters is 1. The number of carbonyl (C=O) groups excluding carboxylic acids is 1. The summed E-state index contributed by atoms with van der Waals surface area (Å²) in [6.45, 7) is 5.36. The molecule has 2 rings (SSSR count). The molecule has 0 radical (unpaired) electrons. The highest BCUT2D eigenvalue weighted by Gasteiger charge is 1.86. The highest BCUT2D eigenvalue weighted by molar-refractivity contribution is 5.77. The minimum atomic E-state index is -0.245. The van der Waals surface area contributed by atoms with E-state index in [9.17, 15) is 4.79 Å². The first-order chi connectivity index (χ1) is 8.24. The van der Waals surface area contributed by atoms with Gasteiger partial charge in [-0.25, -0.2) is 0 Å². The van der Waals surface area contributed by atoms with E-state index in [4.69, 9.17) is 0 Å². The Morgan fingerprint density at radius 3 is 2.18 bits per heavy atom. The lowest BCUT2D eigenvalue weighted by Crippen LogP contribution is -1.88. The third-order valence-electron chi connectivity index (χ3n) is 1.80. The van der Waals surface area contributed by atoms with Gasteiger partial charge in [-0.3, -0.25) is 9.78 Å². The second-order valence-electron chi connectivity index (χ2n) is 2.89. The first kappa shape index (κ1) is 15.1. The summed E-state index contributed by atoms with van der Waals surface area (Å²) in [5, 5.41) is 1.20.